The Morgan fingerprint density at radius 1 is 1.58 bits per heavy atom. The highest BCUT2D eigenvalue weighted by Gasteiger charge is 2.50. The highest BCUT2D eigenvalue weighted by molar-refractivity contribution is 14.1. The second-order valence-corrected chi connectivity index (χ2v) is 5.67. The van der Waals surface area contributed by atoms with Crippen LogP contribution in [0.1, 0.15) is 6.92 Å². The summed E-state index contributed by atoms with van der Waals surface area (Å²) in [4.78, 5) is 13.4. The van der Waals surface area contributed by atoms with Crippen LogP contribution in [-0.2, 0) is 9.53 Å². The number of rotatable bonds is 1. The van der Waals surface area contributed by atoms with Crippen molar-refractivity contribution in [3.05, 3.63) is 0 Å². The third-order valence-corrected chi connectivity index (χ3v) is 3.05. The number of nitrogens with zero attached hydrogens (tertiary/aromatic N) is 1. The van der Waals surface area contributed by atoms with Gasteiger partial charge in [-0.15, -0.1) is 0 Å². The summed E-state index contributed by atoms with van der Waals surface area (Å²) < 4.78 is 5.24. The van der Waals surface area contributed by atoms with Gasteiger partial charge in [-0.25, -0.2) is 0 Å². The fourth-order valence-electron chi connectivity index (χ4n) is 1.74. The third-order valence-electron chi connectivity index (χ3n) is 2.52. The predicted octanol–water partition coefficient (Wildman–Crippen LogP) is 0.669. The molecule has 3 nitrogen and oxygen atoms in total. The van der Waals surface area contributed by atoms with Gasteiger partial charge in [-0.3, -0.25) is 4.79 Å². The lowest BCUT2D eigenvalue weighted by molar-refractivity contribution is -0.194. The lowest BCUT2D eigenvalue weighted by Crippen LogP contribution is -2.67. The number of carbonyl (C=O) groups excluding carboxylic acids is 1. The minimum Gasteiger partial charge on any atom is -0.380 e. The number of ether oxygens (including phenoxy) is 1. The average Bonchev–Trinajstić information content (AvgIpc) is 1.80. The highest BCUT2D eigenvalue weighted by atomic mass is 127. The Morgan fingerprint density at radius 2 is 2.17 bits per heavy atom. The van der Waals surface area contributed by atoms with Crippen molar-refractivity contribution in [2.24, 2.45) is 5.41 Å². The van der Waals surface area contributed by atoms with Crippen molar-refractivity contribution in [1.82, 2.24) is 4.90 Å². The van der Waals surface area contributed by atoms with Crippen LogP contribution in [0.5, 0.6) is 0 Å². The van der Waals surface area contributed by atoms with Gasteiger partial charge in [-0.1, -0.05) is 22.6 Å². The molecule has 2 heterocycles. The zero-order chi connectivity index (χ0) is 8.77. The number of likely N-dealkylation sites (tertiary alicyclic amines) is 1. The molecule has 1 spiro atoms. The SMILES string of the molecule is CC(I)C(=O)N1CC2(COC2)C1. The molecule has 0 aliphatic carbocycles. The predicted molar refractivity (Wildman–Crippen MR) is 53.3 cm³/mol. The number of hydrogen-bond donors (Lipinski definition) is 0. The molecule has 2 aliphatic heterocycles. The Balaban J connectivity index is 1.84. The molecule has 2 rings (SSSR count). The van der Waals surface area contributed by atoms with Crippen LogP contribution in [0.25, 0.3) is 0 Å². The van der Waals surface area contributed by atoms with Crippen molar-refractivity contribution < 1.29 is 9.53 Å². The third kappa shape index (κ3) is 1.25. The Morgan fingerprint density at radius 3 is 2.50 bits per heavy atom. The first-order chi connectivity index (χ1) is 5.63. The summed E-state index contributed by atoms with van der Waals surface area (Å²) in [7, 11) is 0. The zero-order valence-electron chi connectivity index (χ0n) is 7.05. The molecule has 12 heavy (non-hydrogen) atoms. The topological polar surface area (TPSA) is 29.5 Å². The summed E-state index contributed by atoms with van der Waals surface area (Å²) in [5.41, 5.74) is 0.362. The van der Waals surface area contributed by atoms with Crippen LogP contribution in [0.3, 0.4) is 0 Å². The molecule has 0 radical (unpaired) electrons. The average molecular weight is 281 g/mol. The van der Waals surface area contributed by atoms with Gasteiger partial charge in [0.2, 0.25) is 5.91 Å². The van der Waals surface area contributed by atoms with Crippen LogP contribution in [0.15, 0.2) is 0 Å². The van der Waals surface area contributed by atoms with Crippen molar-refractivity contribution >= 4 is 28.5 Å². The second kappa shape index (κ2) is 2.83. The van der Waals surface area contributed by atoms with Crippen molar-refractivity contribution in [3.8, 4) is 0 Å². The first kappa shape index (κ1) is 8.74. The summed E-state index contributed by atoms with van der Waals surface area (Å²) in [5, 5.41) is 0. The maximum Gasteiger partial charge on any atom is 0.235 e. The summed E-state index contributed by atoms with van der Waals surface area (Å²) in [6.07, 6.45) is 0. The van der Waals surface area contributed by atoms with Gasteiger partial charge in [0.15, 0.2) is 0 Å². The van der Waals surface area contributed by atoms with Gasteiger partial charge >= 0.3 is 0 Å². The van der Waals surface area contributed by atoms with E-state index in [1.807, 2.05) is 11.8 Å². The second-order valence-electron chi connectivity index (χ2n) is 3.80. The smallest absolute Gasteiger partial charge is 0.235 e. The molecule has 2 aliphatic rings. The molecule has 68 valence electrons. The quantitative estimate of drug-likeness (QED) is 0.522. The van der Waals surface area contributed by atoms with Gasteiger partial charge in [0.1, 0.15) is 0 Å². The summed E-state index contributed by atoms with van der Waals surface area (Å²) in [6, 6.07) is 0. The number of amides is 1. The van der Waals surface area contributed by atoms with Gasteiger partial charge in [0.25, 0.3) is 0 Å². The van der Waals surface area contributed by atoms with E-state index in [-0.39, 0.29) is 9.83 Å². The zero-order valence-corrected chi connectivity index (χ0v) is 9.20. The standard InChI is InChI=1S/C8H12INO2/c1-6(9)7(11)10-2-8(3-10)4-12-5-8/h6H,2-5H2,1H3. The van der Waals surface area contributed by atoms with E-state index in [9.17, 15) is 4.79 Å². The minimum atomic E-state index is 0.112. The van der Waals surface area contributed by atoms with Crippen LogP contribution in [0, 0.1) is 5.41 Å². The summed E-state index contributed by atoms with van der Waals surface area (Å²) in [6.45, 7) is 5.47. The van der Waals surface area contributed by atoms with E-state index in [0.29, 0.717) is 5.41 Å². The molecule has 1 amide bonds. The first-order valence-electron chi connectivity index (χ1n) is 4.14. The van der Waals surface area contributed by atoms with Gasteiger partial charge in [-0.2, -0.15) is 0 Å². The first-order valence-corrected chi connectivity index (χ1v) is 5.38. The highest BCUT2D eigenvalue weighted by Crippen LogP contribution is 2.37. The van der Waals surface area contributed by atoms with Crippen LogP contribution in [0.4, 0.5) is 0 Å². The molecule has 0 aromatic carbocycles. The number of halogens is 1. The molecule has 1 atom stereocenters. The number of hydrogen-bond acceptors (Lipinski definition) is 2. The minimum absolute atomic E-state index is 0.112. The van der Waals surface area contributed by atoms with E-state index in [0.717, 1.165) is 26.3 Å². The largest absolute Gasteiger partial charge is 0.380 e. The Labute approximate surface area is 85.6 Å². The van der Waals surface area contributed by atoms with Crippen LogP contribution in [0.2, 0.25) is 0 Å². The number of alkyl halides is 1. The molecule has 2 fully saturated rings. The van der Waals surface area contributed by atoms with Gasteiger partial charge < -0.3 is 9.64 Å². The summed E-state index contributed by atoms with van der Waals surface area (Å²) in [5.74, 6) is 0.271. The molecule has 4 heteroatoms. The normalized spacial score (nSPS) is 27.7. The maximum absolute atomic E-state index is 11.4. The Bertz CT molecular complexity index is 205. The van der Waals surface area contributed by atoms with Crippen LogP contribution < -0.4 is 0 Å². The van der Waals surface area contributed by atoms with Crippen molar-refractivity contribution in [1.29, 1.82) is 0 Å². The van der Waals surface area contributed by atoms with Gasteiger partial charge in [-0.05, 0) is 6.92 Å². The monoisotopic (exact) mass is 281 g/mol. The molecule has 0 saturated carbocycles. The molecular formula is C8H12INO2. The molecule has 0 aromatic heterocycles. The summed E-state index contributed by atoms with van der Waals surface area (Å²) >= 11 is 2.16. The van der Waals surface area contributed by atoms with Gasteiger partial charge in [0.05, 0.1) is 22.6 Å². The van der Waals surface area contributed by atoms with E-state index < -0.39 is 0 Å². The van der Waals surface area contributed by atoms with E-state index in [2.05, 4.69) is 22.6 Å². The molecule has 1 unspecified atom stereocenters. The molecular weight excluding hydrogens is 269 g/mol. The lowest BCUT2D eigenvalue weighted by Gasteiger charge is -2.55. The molecule has 0 aromatic rings. The van der Waals surface area contributed by atoms with Crippen LogP contribution in [-0.4, -0.2) is 41.0 Å². The van der Waals surface area contributed by atoms with Crippen molar-refractivity contribution in [3.63, 3.8) is 0 Å². The molecule has 0 N–H and O–H groups in total. The van der Waals surface area contributed by atoms with E-state index in [1.54, 1.807) is 0 Å². The van der Waals surface area contributed by atoms with Crippen LogP contribution >= 0.6 is 22.6 Å². The van der Waals surface area contributed by atoms with Crippen molar-refractivity contribution in [2.45, 2.75) is 10.8 Å². The van der Waals surface area contributed by atoms with E-state index >= 15 is 0 Å². The fourth-order valence-corrected chi connectivity index (χ4v) is 2.14. The Hall–Kier alpha value is 0.160. The Kier molecular flexibility index (Phi) is 2.07. The fraction of sp³-hybridized carbons (Fsp3) is 0.875. The van der Waals surface area contributed by atoms with Gasteiger partial charge in [0, 0.05) is 13.1 Å². The van der Waals surface area contributed by atoms with E-state index in [4.69, 9.17) is 4.74 Å². The van der Waals surface area contributed by atoms with Crippen molar-refractivity contribution in [2.75, 3.05) is 26.3 Å². The van der Waals surface area contributed by atoms with E-state index in [1.165, 1.54) is 0 Å². The molecule has 0 bridgehead atoms. The maximum atomic E-state index is 11.4. The molecule has 2 saturated heterocycles. The lowest BCUT2D eigenvalue weighted by atomic mass is 9.78. The number of carbonyl (C=O) groups is 1.